The monoisotopic (exact) mass is 174 g/mol. The molecule has 0 fully saturated rings. The second-order valence-electron chi connectivity index (χ2n) is 0.475. The van der Waals surface area contributed by atoms with Crippen molar-refractivity contribution in [2.75, 3.05) is 0 Å². The average molecular weight is 174 g/mol. The third kappa shape index (κ3) is 112. The molecule has 0 aliphatic carbocycles. The van der Waals surface area contributed by atoms with Crippen LogP contribution >= 0.6 is 22.0 Å². The molecule has 0 rings (SSSR count). The van der Waals surface area contributed by atoms with Crippen LogP contribution in [0.15, 0.2) is 0 Å². The summed E-state index contributed by atoms with van der Waals surface area (Å²) in [6.07, 6.45) is 0. The maximum absolute atomic E-state index is 8.74. The largest absolute Gasteiger partial charge is 0.761 e. The SMILES string of the molecule is NSSN.O=[Si](O)O. The van der Waals surface area contributed by atoms with Gasteiger partial charge in [-0.3, -0.25) is 14.7 Å². The first-order valence-corrected chi connectivity index (χ1v) is 4.87. The van der Waals surface area contributed by atoms with Crippen LogP contribution in [-0.2, 0) is 4.46 Å². The van der Waals surface area contributed by atoms with E-state index < -0.39 is 9.17 Å². The summed E-state index contributed by atoms with van der Waals surface area (Å²) in [4.78, 5) is 14.3. The van der Waals surface area contributed by atoms with Gasteiger partial charge in [0, 0.05) is 22.0 Å². The van der Waals surface area contributed by atoms with E-state index in [0.29, 0.717) is 0 Å². The fourth-order valence-electron chi connectivity index (χ4n) is 0. The van der Waals surface area contributed by atoms with Gasteiger partial charge in [0.2, 0.25) is 0 Å². The second-order valence-corrected chi connectivity index (χ2v) is 2.58. The summed E-state index contributed by atoms with van der Waals surface area (Å²) in [5, 5.41) is 9.56. The molecular formula is H6N2O3S2Si. The maximum atomic E-state index is 8.74. The van der Waals surface area contributed by atoms with Crippen LogP contribution in [0.3, 0.4) is 0 Å². The molecule has 0 aromatic rings. The fraction of sp³-hybridized carbons (Fsp3) is 0. The summed E-state index contributed by atoms with van der Waals surface area (Å²) in [5.41, 5.74) is 0. The van der Waals surface area contributed by atoms with E-state index in [-0.39, 0.29) is 0 Å². The number of hydrogen-bond acceptors (Lipinski definition) is 5. The van der Waals surface area contributed by atoms with Gasteiger partial charge in [0.05, 0.1) is 0 Å². The van der Waals surface area contributed by atoms with E-state index in [9.17, 15) is 0 Å². The quantitative estimate of drug-likeness (QED) is 0.217. The van der Waals surface area contributed by atoms with E-state index >= 15 is 0 Å². The Bertz CT molecular complexity index is 53.2. The van der Waals surface area contributed by atoms with Crippen molar-refractivity contribution in [3.63, 3.8) is 0 Å². The molecule has 0 saturated heterocycles. The van der Waals surface area contributed by atoms with Crippen molar-refractivity contribution in [2.45, 2.75) is 0 Å². The molecule has 0 saturated carbocycles. The van der Waals surface area contributed by atoms with Gasteiger partial charge < -0.3 is 9.59 Å². The van der Waals surface area contributed by atoms with Crippen LogP contribution in [-0.4, -0.2) is 18.8 Å². The Kier molecular flexibility index (Phi) is 14.2. The minimum absolute atomic E-state index is 1.05. The van der Waals surface area contributed by atoms with Crippen molar-refractivity contribution in [2.24, 2.45) is 10.3 Å². The smallest absolute Gasteiger partial charge is 0.511 e. The van der Waals surface area contributed by atoms with Crippen LogP contribution in [0.25, 0.3) is 0 Å². The van der Waals surface area contributed by atoms with Gasteiger partial charge in [-0.2, -0.15) is 0 Å². The topological polar surface area (TPSA) is 110 Å². The van der Waals surface area contributed by atoms with Crippen LogP contribution in [0.1, 0.15) is 0 Å². The zero-order valence-electron chi connectivity index (χ0n) is 3.77. The molecule has 0 aromatic carbocycles. The van der Waals surface area contributed by atoms with Gasteiger partial charge in [0.15, 0.2) is 0 Å². The molecule has 0 aromatic heterocycles. The van der Waals surface area contributed by atoms with Crippen molar-refractivity contribution in [3.05, 3.63) is 0 Å². The summed E-state index contributed by atoms with van der Waals surface area (Å²) < 4.78 is 8.74. The number of rotatable bonds is 1. The predicted octanol–water partition coefficient (Wildman–Crippen LogP) is -1.50. The molecule has 8 heavy (non-hydrogen) atoms. The van der Waals surface area contributed by atoms with E-state index in [0.717, 1.165) is 22.0 Å². The van der Waals surface area contributed by atoms with Gasteiger partial charge in [0.1, 0.15) is 0 Å². The Labute approximate surface area is 56.0 Å². The fourth-order valence-corrected chi connectivity index (χ4v) is 0. The molecule has 0 radical (unpaired) electrons. The van der Waals surface area contributed by atoms with Crippen molar-refractivity contribution in [1.29, 1.82) is 0 Å². The summed E-state index contributed by atoms with van der Waals surface area (Å²) in [5.74, 6) is 0. The van der Waals surface area contributed by atoms with Crippen LogP contribution in [0.2, 0.25) is 0 Å². The Morgan fingerprint density at radius 3 is 1.38 bits per heavy atom. The Hall–Kier alpha value is 0.237. The van der Waals surface area contributed by atoms with E-state index in [1.54, 1.807) is 0 Å². The minimum Gasteiger partial charge on any atom is -0.511 e. The molecule has 0 spiro atoms. The lowest BCUT2D eigenvalue weighted by molar-refractivity contribution is 0.330. The van der Waals surface area contributed by atoms with Gasteiger partial charge >= 0.3 is 9.17 Å². The zero-order valence-corrected chi connectivity index (χ0v) is 6.41. The first-order chi connectivity index (χ1) is 3.65. The molecule has 0 atom stereocenters. The Morgan fingerprint density at radius 2 is 1.38 bits per heavy atom. The number of hydrogen-bond donors (Lipinski definition) is 4. The molecule has 8 heteroatoms. The molecule has 0 heterocycles. The van der Waals surface area contributed by atoms with Crippen LogP contribution in [0.4, 0.5) is 0 Å². The maximum Gasteiger partial charge on any atom is 0.761 e. The lowest BCUT2D eigenvalue weighted by Crippen LogP contribution is -1.90. The van der Waals surface area contributed by atoms with E-state index in [1.807, 2.05) is 0 Å². The van der Waals surface area contributed by atoms with Crippen molar-refractivity contribution >= 4 is 31.1 Å². The molecule has 0 amide bonds. The molecular weight excluding hydrogens is 168 g/mol. The van der Waals surface area contributed by atoms with Gasteiger partial charge in [-0.05, 0) is 0 Å². The van der Waals surface area contributed by atoms with Crippen molar-refractivity contribution < 1.29 is 14.1 Å². The van der Waals surface area contributed by atoms with Gasteiger partial charge in [-0.25, -0.2) is 0 Å². The highest BCUT2D eigenvalue weighted by atomic mass is 33.1. The molecule has 5 nitrogen and oxygen atoms in total. The first kappa shape index (κ1) is 11.1. The molecule has 0 aliphatic heterocycles. The summed E-state index contributed by atoms with van der Waals surface area (Å²) in [6.45, 7) is 0. The highest BCUT2D eigenvalue weighted by Crippen LogP contribution is 1.98. The normalized spacial score (nSPS) is 6.75. The third-order valence-corrected chi connectivity index (χ3v) is 0.500. The van der Waals surface area contributed by atoms with E-state index in [2.05, 4.69) is 0 Å². The second kappa shape index (κ2) is 10.3. The molecule has 0 aliphatic rings. The molecule has 0 unspecified atom stereocenters. The van der Waals surface area contributed by atoms with Gasteiger partial charge in [0.25, 0.3) is 0 Å². The lowest BCUT2D eigenvalue weighted by atomic mass is 13.9. The molecule has 6 N–H and O–H groups in total. The first-order valence-electron chi connectivity index (χ1n) is 1.29. The third-order valence-electron chi connectivity index (χ3n) is 0.0556. The van der Waals surface area contributed by atoms with Gasteiger partial charge in [-0.15, -0.1) is 0 Å². The van der Waals surface area contributed by atoms with Crippen molar-refractivity contribution in [1.82, 2.24) is 0 Å². The summed E-state index contributed by atoms with van der Waals surface area (Å²) in [6, 6.07) is 0. The highest BCUT2D eigenvalue weighted by Gasteiger charge is 1.85. The van der Waals surface area contributed by atoms with Crippen LogP contribution in [0.5, 0.6) is 0 Å². The summed E-state index contributed by atoms with van der Waals surface area (Å²) >= 11 is 0. The van der Waals surface area contributed by atoms with Crippen LogP contribution < -0.4 is 10.3 Å². The minimum atomic E-state index is -3.13. The van der Waals surface area contributed by atoms with Crippen molar-refractivity contribution in [3.8, 4) is 0 Å². The zero-order chi connectivity index (χ0) is 6.99. The van der Waals surface area contributed by atoms with E-state index in [1.165, 1.54) is 0 Å². The average Bonchev–Trinajstić information content (AvgIpc) is 1.65. The Morgan fingerprint density at radius 1 is 1.25 bits per heavy atom. The number of nitrogens with two attached hydrogens (primary N) is 2. The Balaban J connectivity index is 0. The molecule has 0 bridgehead atoms. The standard InChI is InChI=1S/H4N2S2.H2O3Si/c1-3-4-2;1-4(2)3/h1-2H2;1-2H. The highest BCUT2D eigenvalue weighted by molar-refractivity contribution is 8.75. The lowest BCUT2D eigenvalue weighted by Gasteiger charge is -1.70. The van der Waals surface area contributed by atoms with Crippen LogP contribution in [0, 0.1) is 0 Å². The molecule has 50 valence electrons. The predicted molar refractivity (Wildman–Crippen MR) is 34.4 cm³/mol. The van der Waals surface area contributed by atoms with Gasteiger partial charge in [-0.1, -0.05) is 0 Å². The van der Waals surface area contributed by atoms with E-state index in [4.69, 9.17) is 24.3 Å². The summed E-state index contributed by atoms with van der Waals surface area (Å²) in [7, 11) is -1.03.